The van der Waals surface area contributed by atoms with Crippen LogP contribution in [0.3, 0.4) is 0 Å². The van der Waals surface area contributed by atoms with Crippen LogP contribution in [0.5, 0.6) is 0 Å². The summed E-state index contributed by atoms with van der Waals surface area (Å²) in [5.74, 6) is 1.59. The van der Waals surface area contributed by atoms with Gasteiger partial charge in [0.1, 0.15) is 5.84 Å². The Morgan fingerprint density at radius 3 is 3.06 bits per heavy atom. The highest BCUT2D eigenvalue weighted by Crippen LogP contribution is 2.31. The SMILES string of the molecule is Cc1cnc2c(c1)CCCC2C1=NCCN1.Cl. The van der Waals surface area contributed by atoms with Gasteiger partial charge in [-0.3, -0.25) is 9.98 Å². The molecule has 0 saturated heterocycles. The van der Waals surface area contributed by atoms with Gasteiger partial charge < -0.3 is 5.32 Å². The summed E-state index contributed by atoms with van der Waals surface area (Å²) in [7, 11) is 0. The standard InChI is InChI=1S/C13H17N3.ClH/c1-9-7-10-3-2-4-11(12(10)16-8-9)13-14-5-6-15-13;/h7-8,11H,2-6H2,1H3,(H,14,15);1H. The molecule has 0 spiro atoms. The van der Waals surface area contributed by atoms with Crippen molar-refractivity contribution in [3.05, 3.63) is 29.1 Å². The van der Waals surface area contributed by atoms with Crippen LogP contribution in [0.2, 0.25) is 0 Å². The van der Waals surface area contributed by atoms with E-state index in [9.17, 15) is 0 Å². The third-order valence-electron chi connectivity index (χ3n) is 3.44. The highest BCUT2D eigenvalue weighted by Gasteiger charge is 2.27. The fraction of sp³-hybridized carbons (Fsp3) is 0.538. The van der Waals surface area contributed by atoms with Crippen molar-refractivity contribution < 1.29 is 0 Å². The van der Waals surface area contributed by atoms with Crippen LogP contribution in [-0.4, -0.2) is 23.9 Å². The molecule has 0 aromatic carbocycles. The van der Waals surface area contributed by atoms with E-state index in [-0.39, 0.29) is 12.4 Å². The Bertz CT molecular complexity index is 442. The van der Waals surface area contributed by atoms with Crippen LogP contribution in [0.4, 0.5) is 0 Å². The number of pyridine rings is 1. The first-order valence-corrected chi connectivity index (χ1v) is 6.08. The van der Waals surface area contributed by atoms with Gasteiger partial charge in [0, 0.05) is 12.7 Å². The highest BCUT2D eigenvalue weighted by atomic mass is 35.5. The Hall–Kier alpha value is -1.09. The summed E-state index contributed by atoms with van der Waals surface area (Å²) in [6.07, 6.45) is 5.60. The average Bonchev–Trinajstić information content (AvgIpc) is 2.81. The van der Waals surface area contributed by atoms with E-state index in [1.165, 1.54) is 36.1 Å². The van der Waals surface area contributed by atoms with Gasteiger partial charge in [-0.2, -0.15) is 0 Å². The molecule has 17 heavy (non-hydrogen) atoms. The molecule has 1 aliphatic heterocycles. The molecule has 1 N–H and O–H groups in total. The number of fused-ring (bicyclic) bond motifs is 1. The molecule has 3 rings (SSSR count). The number of hydrogen-bond acceptors (Lipinski definition) is 3. The van der Waals surface area contributed by atoms with E-state index in [4.69, 9.17) is 0 Å². The summed E-state index contributed by atoms with van der Waals surface area (Å²) in [4.78, 5) is 9.17. The first-order chi connectivity index (χ1) is 7.84. The lowest BCUT2D eigenvalue weighted by atomic mass is 9.85. The predicted octanol–water partition coefficient (Wildman–Crippen LogP) is 2.23. The summed E-state index contributed by atoms with van der Waals surface area (Å²) in [6.45, 7) is 4.03. The summed E-state index contributed by atoms with van der Waals surface area (Å²) in [5, 5.41) is 3.39. The van der Waals surface area contributed by atoms with E-state index < -0.39 is 0 Å². The van der Waals surface area contributed by atoms with E-state index in [2.05, 4.69) is 28.3 Å². The Morgan fingerprint density at radius 2 is 2.29 bits per heavy atom. The molecule has 0 radical (unpaired) electrons. The second-order valence-electron chi connectivity index (χ2n) is 4.70. The minimum absolute atomic E-state index is 0. The van der Waals surface area contributed by atoms with Gasteiger partial charge in [-0.05, 0) is 37.3 Å². The average molecular weight is 252 g/mol. The third kappa shape index (κ3) is 2.29. The van der Waals surface area contributed by atoms with E-state index in [0.29, 0.717) is 5.92 Å². The van der Waals surface area contributed by atoms with Crippen LogP contribution in [-0.2, 0) is 6.42 Å². The molecule has 0 fully saturated rings. The monoisotopic (exact) mass is 251 g/mol. The van der Waals surface area contributed by atoms with Crippen molar-refractivity contribution in [2.75, 3.05) is 13.1 Å². The zero-order valence-electron chi connectivity index (χ0n) is 10.1. The fourth-order valence-electron chi connectivity index (χ4n) is 2.70. The Morgan fingerprint density at radius 1 is 1.41 bits per heavy atom. The number of nitrogens with one attached hydrogen (secondary N) is 1. The van der Waals surface area contributed by atoms with Crippen molar-refractivity contribution in [3.63, 3.8) is 0 Å². The number of rotatable bonds is 1. The molecule has 2 aliphatic rings. The Labute approximate surface area is 108 Å². The zero-order valence-corrected chi connectivity index (χ0v) is 10.9. The lowest BCUT2D eigenvalue weighted by molar-refractivity contribution is 0.623. The number of nitrogens with zero attached hydrogens (tertiary/aromatic N) is 2. The second kappa shape index (κ2) is 5.05. The van der Waals surface area contributed by atoms with Gasteiger partial charge in [0.2, 0.25) is 0 Å². The molecule has 1 aromatic rings. The Kier molecular flexibility index (Phi) is 3.67. The second-order valence-corrected chi connectivity index (χ2v) is 4.70. The van der Waals surface area contributed by atoms with Crippen LogP contribution in [0.1, 0.15) is 35.6 Å². The first kappa shape index (κ1) is 12.4. The largest absolute Gasteiger partial charge is 0.371 e. The number of aromatic nitrogens is 1. The molecule has 1 aliphatic carbocycles. The van der Waals surface area contributed by atoms with Gasteiger partial charge in [0.15, 0.2) is 0 Å². The topological polar surface area (TPSA) is 37.3 Å². The van der Waals surface area contributed by atoms with Gasteiger partial charge in [-0.1, -0.05) is 6.07 Å². The van der Waals surface area contributed by atoms with Crippen molar-refractivity contribution in [2.24, 2.45) is 4.99 Å². The van der Waals surface area contributed by atoms with Crippen LogP contribution in [0.15, 0.2) is 17.3 Å². The molecule has 0 bridgehead atoms. The quantitative estimate of drug-likeness (QED) is 0.831. The molecule has 1 aromatic heterocycles. The molecule has 3 nitrogen and oxygen atoms in total. The smallest absolute Gasteiger partial charge is 0.106 e. The van der Waals surface area contributed by atoms with Gasteiger partial charge in [-0.25, -0.2) is 0 Å². The molecule has 1 atom stereocenters. The number of halogens is 1. The number of hydrogen-bond donors (Lipinski definition) is 1. The maximum absolute atomic E-state index is 4.62. The molecule has 4 heteroatoms. The number of amidine groups is 1. The van der Waals surface area contributed by atoms with Gasteiger partial charge in [0.25, 0.3) is 0 Å². The normalized spacial score (nSPS) is 22.2. The summed E-state index contributed by atoms with van der Waals surface area (Å²) in [5.41, 5.74) is 3.94. The van der Waals surface area contributed by atoms with Crippen LogP contribution in [0, 0.1) is 6.92 Å². The zero-order chi connectivity index (χ0) is 11.0. The third-order valence-corrected chi connectivity index (χ3v) is 3.44. The van der Waals surface area contributed by atoms with Gasteiger partial charge >= 0.3 is 0 Å². The fourth-order valence-corrected chi connectivity index (χ4v) is 2.70. The van der Waals surface area contributed by atoms with Crippen LogP contribution >= 0.6 is 12.4 Å². The minimum atomic E-state index is 0. The van der Waals surface area contributed by atoms with Crippen molar-refractivity contribution in [1.29, 1.82) is 0 Å². The van der Waals surface area contributed by atoms with Crippen molar-refractivity contribution in [2.45, 2.75) is 32.1 Å². The number of aryl methyl sites for hydroxylation is 2. The van der Waals surface area contributed by atoms with Crippen molar-refractivity contribution >= 4 is 18.2 Å². The lowest BCUT2D eigenvalue weighted by Crippen LogP contribution is -2.29. The van der Waals surface area contributed by atoms with Crippen molar-refractivity contribution in [3.8, 4) is 0 Å². The molecule has 92 valence electrons. The summed E-state index contributed by atoms with van der Waals surface area (Å²) < 4.78 is 0. The molecule has 1 unspecified atom stereocenters. The predicted molar refractivity (Wildman–Crippen MR) is 72.2 cm³/mol. The van der Waals surface area contributed by atoms with Crippen LogP contribution < -0.4 is 5.32 Å². The van der Waals surface area contributed by atoms with Crippen LogP contribution in [0.25, 0.3) is 0 Å². The highest BCUT2D eigenvalue weighted by molar-refractivity contribution is 5.90. The molecular weight excluding hydrogens is 234 g/mol. The van der Waals surface area contributed by atoms with Gasteiger partial charge in [-0.15, -0.1) is 12.4 Å². The maximum atomic E-state index is 4.62. The molecule has 0 amide bonds. The number of aliphatic imine (C=N–C) groups is 1. The maximum Gasteiger partial charge on any atom is 0.106 e. The molecule has 2 heterocycles. The molecular formula is C13H18ClN3. The van der Waals surface area contributed by atoms with E-state index in [1.54, 1.807) is 0 Å². The lowest BCUT2D eigenvalue weighted by Gasteiger charge is -2.24. The van der Waals surface area contributed by atoms with E-state index in [1.807, 2.05) is 6.20 Å². The minimum Gasteiger partial charge on any atom is -0.371 e. The van der Waals surface area contributed by atoms with E-state index in [0.717, 1.165) is 18.9 Å². The van der Waals surface area contributed by atoms with Crippen molar-refractivity contribution in [1.82, 2.24) is 10.3 Å². The molecule has 0 saturated carbocycles. The van der Waals surface area contributed by atoms with E-state index >= 15 is 0 Å². The first-order valence-electron chi connectivity index (χ1n) is 6.08. The summed E-state index contributed by atoms with van der Waals surface area (Å²) >= 11 is 0. The Balaban J connectivity index is 0.00000108. The van der Waals surface area contributed by atoms with Gasteiger partial charge in [0.05, 0.1) is 18.2 Å². The summed E-state index contributed by atoms with van der Waals surface area (Å²) in [6, 6.07) is 2.28.